The molecule has 0 atom stereocenters. The van der Waals surface area contributed by atoms with E-state index in [4.69, 9.17) is 5.21 Å². The number of nitrogens with zero attached hydrogens (tertiary/aromatic N) is 2. The lowest BCUT2D eigenvalue weighted by molar-refractivity contribution is -0.121. The van der Waals surface area contributed by atoms with Crippen LogP contribution in [-0.2, 0) is 11.3 Å². The van der Waals surface area contributed by atoms with E-state index >= 15 is 0 Å². The van der Waals surface area contributed by atoms with Gasteiger partial charge in [-0.3, -0.25) is 19.6 Å². The standard InChI is InChI=1S/C23H30N4O4/c1-4-5-14-24-21(28)16-27(15-17-6-8-18(9-7-17)22(29)25-31)23(30)19-10-12-20(13-11-19)26(2)3/h6-13,31H,4-5,14-16H2,1-3H3,(H,24,28)(H,25,29). The molecule has 8 heteroatoms. The summed E-state index contributed by atoms with van der Waals surface area (Å²) in [5.74, 6) is -1.09. The predicted molar refractivity (Wildman–Crippen MR) is 119 cm³/mol. The normalized spacial score (nSPS) is 10.3. The third kappa shape index (κ3) is 7.11. The Morgan fingerprint density at radius 1 is 0.935 bits per heavy atom. The van der Waals surface area contributed by atoms with Crippen molar-refractivity contribution in [1.82, 2.24) is 15.7 Å². The van der Waals surface area contributed by atoms with Crippen LogP contribution in [0.2, 0.25) is 0 Å². The molecule has 0 spiro atoms. The summed E-state index contributed by atoms with van der Waals surface area (Å²) in [4.78, 5) is 40.5. The molecule has 0 saturated heterocycles. The number of hydrogen-bond acceptors (Lipinski definition) is 5. The highest BCUT2D eigenvalue weighted by Gasteiger charge is 2.19. The van der Waals surface area contributed by atoms with Crippen molar-refractivity contribution in [3.63, 3.8) is 0 Å². The van der Waals surface area contributed by atoms with Crippen molar-refractivity contribution in [3.8, 4) is 0 Å². The van der Waals surface area contributed by atoms with Crippen LogP contribution in [0.5, 0.6) is 0 Å². The third-order valence-electron chi connectivity index (χ3n) is 4.80. The number of carbonyl (C=O) groups excluding carboxylic acids is 3. The summed E-state index contributed by atoms with van der Waals surface area (Å²) in [6.45, 7) is 2.74. The zero-order valence-corrected chi connectivity index (χ0v) is 18.2. The van der Waals surface area contributed by atoms with Gasteiger partial charge < -0.3 is 15.1 Å². The Hall–Kier alpha value is -3.39. The first kappa shape index (κ1) is 23.9. The van der Waals surface area contributed by atoms with Crippen molar-refractivity contribution in [2.75, 3.05) is 32.1 Å². The van der Waals surface area contributed by atoms with Crippen molar-refractivity contribution < 1.29 is 19.6 Å². The highest BCUT2D eigenvalue weighted by atomic mass is 16.5. The second kappa shape index (κ2) is 11.7. The molecule has 0 aliphatic carbocycles. The molecule has 31 heavy (non-hydrogen) atoms. The van der Waals surface area contributed by atoms with Crippen LogP contribution in [0.1, 0.15) is 46.0 Å². The number of nitrogens with one attached hydrogen (secondary N) is 2. The molecule has 0 bridgehead atoms. The van der Waals surface area contributed by atoms with Crippen molar-refractivity contribution in [2.24, 2.45) is 0 Å². The van der Waals surface area contributed by atoms with Gasteiger partial charge in [0.1, 0.15) is 6.54 Å². The molecule has 0 unspecified atom stereocenters. The first-order valence-corrected chi connectivity index (χ1v) is 10.2. The molecule has 0 aliphatic heterocycles. The van der Waals surface area contributed by atoms with E-state index in [0.717, 1.165) is 24.1 Å². The Morgan fingerprint density at radius 3 is 2.10 bits per heavy atom. The summed E-state index contributed by atoms with van der Waals surface area (Å²) in [6.07, 6.45) is 1.84. The number of hydroxylamine groups is 1. The topological polar surface area (TPSA) is 102 Å². The Balaban J connectivity index is 2.19. The van der Waals surface area contributed by atoms with Gasteiger partial charge in [0, 0.05) is 44.0 Å². The number of hydrogen-bond donors (Lipinski definition) is 3. The number of anilines is 1. The number of carbonyl (C=O) groups is 3. The Morgan fingerprint density at radius 2 is 1.55 bits per heavy atom. The summed E-state index contributed by atoms with van der Waals surface area (Å²) < 4.78 is 0. The van der Waals surface area contributed by atoms with E-state index in [2.05, 4.69) is 5.32 Å². The molecule has 0 aliphatic rings. The molecule has 0 radical (unpaired) electrons. The van der Waals surface area contributed by atoms with E-state index in [1.165, 1.54) is 4.90 Å². The maximum Gasteiger partial charge on any atom is 0.274 e. The van der Waals surface area contributed by atoms with E-state index in [0.29, 0.717) is 17.7 Å². The molecular weight excluding hydrogens is 396 g/mol. The minimum absolute atomic E-state index is 0.0726. The fraction of sp³-hybridized carbons (Fsp3) is 0.348. The Kier molecular flexibility index (Phi) is 9.02. The monoisotopic (exact) mass is 426 g/mol. The molecule has 2 rings (SSSR count). The SMILES string of the molecule is CCCCNC(=O)CN(Cc1ccc(C(=O)NO)cc1)C(=O)c1ccc(N(C)C)cc1. The van der Waals surface area contributed by atoms with E-state index in [-0.39, 0.29) is 24.9 Å². The van der Waals surface area contributed by atoms with Crippen molar-refractivity contribution in [1.29, 1.82) is 0 Å². The Labute approximate surface area is 182 Å². The Bertz CT molecular complexity index is 879. The smallest absolute Gasteiger partial charge is 0.274 e. The summed E-state index contributed by atoms with van der Waals surface area (Å²) in [7, 11) is 3.84. The van der Waals surface area contributed by atoms with Gasteiger partial charge in [0.15, 0.2) is 0 Å². The zero-order valence-electron chi connectivity index (χ0n) is 18.2. The first-order valence-electron chi connectivity index (χ1n) is 10.2. The fourth-order valence-corrected chi connectivity index (χ4v) is 2.96. The molecule has 0 aromatic heterocycles. The highest BCUT2D eigenvalue weighted by Crippen LogP contribution is 2.16. The largest absolute Gasteiger partial charge is 0.378 e. The number of benzene rings is 2. The fourth-order valence-electron chi connectivity index (χ4n) is 2.96. The molecule has 8 nitrogen and oxygen atoms in total. The molecule has 0 saturated carbocycles. The first-order chi connectivity index (χ1) is 14.8. The van der Waals surface area contributed by atoms with Crippen LogP contribution in [0, 0.1) is 0 Å². The second-order valence-corrected chi connectivity index (χ2v) is 7.44. The molecule has 3 amide bonds. The summed E-state index contributed by atoms with van der Waals surface area (Å²) >= 11 is 0. The molecule has 3 N–H and O–H groups in total. The van der Waals surface area contributed by atoms with E-state index in [9.17, 15) is 14.4 Å². The van der Waals surface area contributed by atoms with Crippen molar-refractivity contribution in [3.05, 3.63) is 65.2 Å². The van der Waals surface area contributed by atoms with E-state index in [1.54, 1.807) is 41.9 Å². The van der Waals surface area contributed by atoms with Gasteiger partial charge in [0.05, 0.1) is 0 Å². The van der Waals surface area contributed by atoms with Gasteiger partial charge in [-0.2, -0.15) is 0 Å². The lowest BCUT2D eigenvalue weighted by Crippen LogP contribution is -2.40. The van der Waals surface area contributed by atoms with Crippen LogP contribution in [0.15, 0.2) is 48.5 Å². The highest BCUT2D eigenvalue weighted by molar-refractivity contribution is 5.97. The molecular formula is C23H30N4O4. The molecule has 0 fully saturated rings. The number of amides is 3. The summed E-state index contributed by atoms with van der Waals surface area (Å²) in [6, 6.07) is 13.7. The van der Waals surface area contributed by atoms with Crippen LogP contribution in [0.3, 0.4) is 0 Å². The minimum Gasteiger partial charge on any atom is -0.378 e. The van der Waals surface area contributed by atoms with Crippen molar-refractivity contribution in [2.45, 2.75) is 26.3 Å². The maximum atomic E-state index is 13.2. The van der Waals surface area contributed by atoms with Crippen molar-refractivity contribution >= 4 is 23.4 Å². The minimum atomic E-state index is -0.615. The van der Waals surface area contributed by atoms with Gasteiger partial charge >= 0.3 is 0 Å². The lowest BCUT2D eigenvalue weighted by atomic mass is 10.1. The quantitative estimate of drug-likeness (QED) is 0.308. The summed E-state index contributed by atoms with van der Waals surface area (Å²) in [5.41, 5.74) is 4.09. The third-order valence-corrected chi connectivity index (χ3v) is 4.80. The van der Waals surface area contributed by atoms with Crippen LogP contribution < -0.4 is 15.7 Å². The van der Waals surface area contributed by atoms with Gasteiger partial charge in [0.2, 0.25) is 5.91 Å². The van der Waals surface area contributed by atoms with Gasteiger partial charge in [-0.15, -0.1) is 0 Å². The van der Waals surface area contributed by atoms with E-state index < -0.39 is 5.91 Å². The predicted octanol–water partition coefficient (Wildman–Crippen LogP) is 2.43. The average molecular weight is 427 g/mol. The zero-order chi connectivity index (χ0) is 22.8. The molecule has 166 valence electrons. The number of rotatable bonds is 10. The van der Waals surface area contributed by atoms with Crippen LogP contribution in [0.4, 0.5) is 5.69 Å². The summed E-state index contributed by atoms with van der Waals surface area (Å²) in [5, 5.41) is 11.6. The van der Waals surface area contributed by atoms with E-state index in [1.807, 2.05) is 38.1 Å². The molecule has 0 heterocycles. The van der Waals surface area contributed by atoms with Gasteiger partial charge in [-0.1, -0.05) is 25.5 Å². The molecule has 2 aromatic carbocycles. The van der Waals surface area contributed by atoms with Gasteiger partial charge in [0.25, 0.3) is 11.8 Å². The lowest BCUT2D eigenvalue weighted by Gasteiger charge is -2.23. The second-order valence-electron chi connectivity index (χ2n) is 7.44. The van der Waals surface area contributed by atoms with Crippen LogP contribution in [-0.4, -0.2) is 55.0 Å². The van der Waals surface area contributed by atoms with Gasteiger partial charge in [-0.05, 0) is 48.4 Å². The maximum absolute atomic E-state index is 13.2. The average Bonchev–Trinajstić information content (AvgIpc) is 2.78. The van der Waals surface area contributed by atoms with Crippen LogP contribution >= 0.6 is 0 Å². The van der Waals surface area contributed by atoms with Crippen LogP contribution in [0.25, 0.3) is 0 Å². The number of unbranched alkanes of at least 4 members (excludes halogenated alkanes) is 1. The molecule has 2 aromatic rings. The van der Waals surface area contributed by atoms with Gasteiger partial charge in [-0.25, -0.2) is 5.48 Å².